The molecular weight excluding hydrogens is 603 g/mol. The Bertz CT molecular complexity index is 3130. The first-order valence-electron chi connectivity index (χ1n) is 16.3. The van der Waals surface area contributed by atoms with Crippen molar-refractivity contribution >= 4 is 96.9 Å². The molecule has 11 rings (SSSR count). The van der Waals surface area contributed by atoms with Crippen molar-refractivity contribution in [3.05, 3.63) is 152 Å². The van der Waals surface area contributed by atoms with Crippen LogP contribution in [0.25, 0.3) is 102 Å². The molecule has 222 valence electrons. The summed E-state index contributed by atoms with van der Waals surface area (Å²) in [5.41, 5.74) is 8.81. The van der Waals surface area contributed by atoms with Crippen LogP contribution in [0.4, 0.5) is 0 Å². The monoisotopic (exact) mass is 627 g/mol. The normalized spacial score (nSPS) is 12.2. The van der Waals surface area contributed by atoms with Crippen LogP contribution in [0.3, 0.4) is 0 Å². The van der Waals surface area contributed by atoms with E-state index in [0.717, 1.165) is 43.2 Å². The van der Waals surface area contributed by atoms with E-state index in [9.17, 15) is 0 Å². The third-order valence-electron chi connectivity index (χ3n) is 9.96. The van der Waals surface area contributed by atoms with Gasteiger partial charge in [0.05, 0.1) is 22.1 Å². The molecule has 0 aliphatic heterocycles. The molecule has 0 N–H and O–H groups in total. The molecule has 0 fully saturated rings. The van der Waals surface area contributed by atoms with Gasteiger partial charge >= 0.3 is 0 Å². The fraction of sp³-hybridized carbons (Fsp3) is 0. The third kappa shape index (κ3) is 3.58. The Morgan fingerprint density at radius 1 is 0.417 bits per heavy atom. The first-order chi connectivity index (χ1) is 23.8. The van der Waals surface area contributed by atoms with Crippen molar-refractivity contribution in [2.45, 2.75) is 0 Å². The van der Waals surface area contributed by atoms with Gasteiger partial charge in [0.1, 0.15) is 10.3 Å². The maximum absolute atomic E-state index is 5.37. The molecule has 11 aromatic rings. The van der Waals surface area contributed by atoms with Gasteiger partial charge < -0.3 is 4.57 Å². The van der Waals surface area contributed by atoms with Gasteiger partial charge in [-0.25, -0.2) is 9.97 Å². The zero-order valence-corrected chi connectivity index (χ0v) is 26.5. The van der Waals surface area contributed by atoms with Crippen molar-refractivity contribution in [2.75, 3.05) is 0 Å². The number of hydrogen-bond donors (Lipinski definition) is 0. The number of aromatic nitrogens is 3. The van der Waals surface area contributed by atoms with Gasteiger partial charge in [-0.1, -0.05) is 115 Å². The van der Waals surface area contributed by atoms with E-state index in [1.807, 2.05) is 0 Å². The fourth-order valence-corrected chi connectivity index (χ4v) is 8.82. The van der Waals surface area contributed by atoms with Crippen LogP contribution in [0.1, 0.15) is 0 Å². The second kappa shape index (κ2) is 9.71. The van der Waals surface area contributed by atoms with E-state index in [-0.39, 0.29) is 0 Å². The number of thiophene rings is 1. The minimum absolute atomic E-state index is 0.961. The van der Waals surface area contributed by atoms with Gasteiger partial charge in [0.15, 0.2) is 0 Å². The fourth-order valence-electron chi connectivity index (χ4n) is 7.82. The van der Waals surface area contributed by atoms with Gasteiger partial charge in [0.2, 0.25) is 0 Å². The molecule has 0 bridgehead atoms. The SMILES string of the molecule is c1cc(-c2ccc3sc4nc5c6ccccc6c6ccccc6c5nc4c3c2)cc(-n2c3ccccc3c3c4ccccc4ccc32)c1. The highest BCUT2D eigenvalue weighted by Gasteiger charge is 2.17. The van der Waals surface area contributed by atoms with Crippen LogP contribution in [0.5, 0.6) is 0 Å². The minimum atomic E-state index is 0.961. The Balaban J connectivity index is 1.13. The van der Waals surface area contributed by atoms with Gasteiger partial charge in [-0.3, -0.25) is 0 Å². The van der Waals surface area contributed by atoms with E-state index in [4.69, 9.17) is 9.97 Å². The lowest BCUT2D eigenvalue weighted by molar-refractivity contribution is 1.18. The Morgan fingerprint density at radius 3 is 1.90 bits per heavy atom. The summed E-state index contributed by atoms with van der Waals surface area (Å²) in [4.78, 5) is 11.6. The summed E-state index contributed by atoms with van der Waals surface area (Å²) in [5, 5.41) is 11.0. The first-order valence-corrected chi connectivity index (χ1v) is 17.1. The maximum Gasteiger partial charge on any atom is 0.143 e. The van der Waals surface area contributed by atoms with Crippen LogP contribution in [-0.4, -0.2) is 14.5 Å². The summed E-state index contributed by atoms with van der Waals surface area (Å²) in [6, 6.07) is 54.8. The van der Waals surface area contributed by atoms with Crippen LogP contribution in [0.15, 0.2) is 152 Å². The summed E-state index contributed by atoms with van der Waals surface area (Å²) in [6.07, 6.45) is 0. The third-order valence-corrected chi connectivity index (χ3v) is 11.0. The molecule has 0 aliphatic carbocycles. The number of fused-ring (bicyclic) bond motifs is 14. The van der Waals surface area contributed by atoms with Gasteiger partial charge in [-0.2, -0.15) is 0 Å². The summed E-state index contributed by atoms with van der Waals surface area (Å²) >= 11 is 1.72. The lowest BCUT2D eigenvalue weighted by Crippen LogP contribution is -1.94. The van der Waals surface area contributed by atoms with Crippen LogP contribution in [0.2, 0.25) is 0 Å². The largest absolute Gasteiger partial charge is 0.309 e. The summed E-state index contributed by atoms with van der Waals surface area (Å²) in [7, 11) is 0. The molecule has 3 heterocycles. The average molecular weight is 628 g/mol. The molecule has 0 unspecified atom stereocenters. The van der Waals surface area contributed by atoms with Crippen molar-refractivity contribution in [1.82, 2.24) is 14.5 Å². The van der Waals surface area contributed by atoms with E-state index in [1.54, 1.807) is 11.3 Å². The molecule has 4 heteroatoms. The topological polar surface area (TPSA) is 30.7 Å². The second-order valence-electron chi connectivity index (χ2n) is 12.6. The molecule has 3 aromatic heterocycles. The lowest BCUT2D eigenvalue weighted by atomic mass is 9.99. The second-order valence-corrected chi connectivity index (χ2v) is 13.6. The zero-order chi connectivity index (χ0) is 31.3. The van der Waals surface area contributed by atoms with E-state index in [2.05, 4.69) is 156 Å². The number of para-hydroxylation sites is 1. The van der Waals surface area contributed by atoms with Crippen LogP contribution in [0, 0.1) is 0 Å². The maximum atomic E-state index is 5.37. The molecule has 0 amide bonds. The van der Waals surface area contributed by atoms with Crippen molar-refractivity contribution < 1.29 is 0 Å². The van der Waals surface area contributed by atoms with E-state index < -0.39 is 0 Å². The van der Waals surface area contributed by atoms with E-state index >= 15 is 0 Å². The van der Waals surface area contributed by atoms with Crippen LogP contribution in [-0.2, 0) is 0 Å². The molecule has 0 atom stereocenters. The predicted molar refractivity (Wildman–Crippen MR) is 205 cm³/mol. The molecule has 0 radical (unpaired) electrons. The standard InChI is InChI=1S/C44H25N3S/c1-2-13-30-26(10-1)20-22-38-40(30)35-18-7-8-19-37(35)47(38)29-12-9-11-27(24-29)28-21-23-39-36(25-28)43-44(48-39)46-42-34-17-6-4-15-32(34)31-14-3-5-16-33(31)41(42)45-43/h1-25H. The molecule has 48 heavy (non-hydrogen) atoms. The Labute approximate surface area is 278 Å². The smallest absolute Gasteiger partial charge is 0.143 e. The summed E-state index contributed by atoms with van der Waals surface area (Å²) < 4.78 is 3.61. The summed E-state index contributed by atoms with van der Waals surface area (Å²) in [6.45, 7) is 0. The number of nitrogens with zero attached hydrogens (tertiary/aromatic N) is 3. The van der Waals surface area contributed by atoms with E-state index in [1.165, 1.54) is 59.2 Å². The highest BCUT2D eigenvalue weighted by atomic mass is 32.1. The van der Waals surface area contributed by atoms with E-state index in [0.29, 0.717) is 0 Å². The molecular formula is C44H25N3S. The summed E-state index contributed by atoms with van der Waals surface area (Å²) in [5.74, 6) is 0. The number of hydrogen-bond acceptors (Lipinski definition) is 3. The quantitative estimate of drug-likeness (QED) is 0.179. The molecule has 0 saturated carbocycles. The zero-order valence-electron chi connectivity index (χ0n) is 25.7. The van der Waals surface area contributed by atoms with Crippen LogP contribution >= 0.6 is 11.3 Å². The van der Waals surface area contributed by atoms with Gasteiger partial charge in [-0.05, 0) is 69.1 Å². The Morgan fingerprint density at radius 2 is 1.08 bits per heavy atom. The van der Waals surface area contributed by atoms with Gasteiger partial charge in [0.25, 0.3) is 0 Å². The number of benzene rings is 8. The molecule has 0 spiro atoms. The average Bonchev–Trinajstić information content (AvgIpc) is 3.69. The number of rotatable bonds is 2. The lowest BCUT2D eigenvalue weighted by Gasteiger charge is -2.11. The highest BCUT2D eigenvalue weighted by molar-refractivity contribution is 7.25. The highest BCUT2D eigenvalue weighted by Crippen LogP contribution is 2.41. The molecule has 3 nitrogen and oxygen atoms in total. The van der Waals surface area contributed by atoms with Crippen molar-refractivity contribution in [1.29, 1.82) is 0 Å². The first kappa shape index (κ1) is 26.0. The Kier molecular flexibility index (Phi) is 5.26. The van der Waals surface area contributed by atoms with Gasteiger partial charge in [-0.15, -0.1) is 11.3 Å². The predicted octanol–water partition coefficient (Wildman–Crippen LogP) is 12.2. The van der Waals surface area contributed by atoms with Gasteiger partial charge in [0, 0.05) is 37.3 Å². The Hall–Kier alpha value is -6.10. The minimum Gasteiger partial charge on any atom is -0.309 e. The van der Waals surface area contributed by atoms with Crippen molar-refractivity contribution in [3.8, 4) is 16.8 Å². The molecule has 0 saturated heterocycles. The van der Waals surface area contributed by atoms with Crippen LogP contribution < -0.4 is 0 Å². The molecule has 0 aliphatic rings. The van der Waals surface area contributed by atoms with Crippen molar-refractivity contribution in [3.63, 3.8) is 0 Å². The molecule has 8 aromatic carbocycles. The van der Waals surface area contributed by atoms with Crippen molar-refractivity contribution in [2.24, 2.45) is 0 Å².